The van der Waals surface area contributed by atoms with Gasteiger partial charge in [-0.2, -0.15) is 0 Å². The highest BCUT2D eigenvalue weighted by Gasteiger charge is 2.23. The van der Waals surface area contributed by atoms with E-state index in [1.807, 2.05) is 0 Å². The number of hydrogen-bond acceptors (Lipinski definition) is 6. The minimum atomic E-state index is -3.77. The van der Waals surface area contributed by atoms with Crippen LogP contribution >= 0.6 is 31.9 Å². The minimum absolute atomic E-state index is 0.117. The van der Waals surface area contributed by atoms with Gasteiger partial charge in [0.25, 0.3) is 0 Å². The predicted octanol–water partition coefficient (Wildman–Crippen LogP) is 4.94. The van der Waals surface area contributed by atoms with Crippen molar-refractivity contribution in [1.82, 2.24) is 9.97 Å². The van der Waals surface area contributed by atoms with E-state index >= 15 is 0 Å². The third-order valence-electron chi connectivity index (χ3n) is 3.67. The number of hydrogen-bond donors (Lipinski definition) is 0. The van der Waals surface area contributed by atoms with Crippen molar-refractivity contribution < 1.29 is 17.3 Å². The highest BCUT2D eigenvalue weighted by molar-refractivity contribution is 9.11. The Morgan fingerprint density at radius 2 is 1.20 bits per heavy atom. The number of fused-ring (bicyclic) bond motifs is 2. The maximum Gasteiger partial charge on any atom is 0.206 e. The molecular formula is C16H10Br2N2O4S. The topological polar surface area (TPSA) is 86.2 Å². The Balaban J connectivity index is 1.95. The van der Waals surface area contributed by atoms with Gasteiger partial charge in [-0.1, -0.05) is 0 Å². The third kappa shape index (κ3) is 2.70. The largest absolute Gasteiger partial charge is 0.440 e. The van der Waals surface area contributed by atoms with Crippen molar-refractivity contribution in [1.29, 1.82) is 0 Å². The van der Waals surface area contributed by atoms with Crippen LogP contribution in [0, 0.1) is 13.8 Å². The van der Waals surface area contributed by atoms with Gasteiger partial charge in [-0.25, -0.2) is 18.4 Å². The Labute approximate surface area is 159 Å². The molecule has 0 N–H and O–H groups in total. The number of nitrogens with zero attached hydrogens (tertiary/aromatic N) is 2. The molecule has 9 heteroatoms. The summed E-state index contributed by atoms with van der Waals surface area (Å²) in [5.41, 5.74) is 1.98. The number of oxazole rings is 2. The van der Waals surface area contributed by atoms with Gasteiger partial charge in [0.1, 0.15) is 11.0 Å². The molecule has 6 nitrogen and oxygen atoms in total. The van der Waals surface area contributed by atoms with E-state index in [1.54, 1.807) is 13.8 Å². The molecule has 4 rings (SSSR count). The summed E-state index contributed by atoms with van der Waals surface area (Å²) in [5.74, 6) is 0.931. The molecule has 2 aromatic heterocycles. The van der Waals surface area contributed by atoms with Gasteiger partial charge >= 0.3 is 0 Å². The minimum Gasteiger partial charge on any atom is -0.440 e. The first-order valence-electron chi connectivity index (χ1n) is 7.14. The lowest BCUT2D eigenvalue weighted by molar-refractivity contribution is 0.559. The smallest absolute Gasteiger partial charge is 0.206 e. The molecule has 4 aromatic rings. The fraction of sp³-hybridized carbons (Fsp3) is 0.125. The van der Waals surface area contributed by atoms with Crippen LogP contribution in [0.3, 0.4) is 0 Å². The van der Waals surface area contributed by atoms with Gasteiger partial charge in [-0.3, -0.25) is 0 Å². The van der Waals surface area contributed by atoms with Crippen molar-refractivity contribution in [3.63, 3.8) is 0 Å². The lowest BCUT2D eigenvalue weighted by Gasteiger charge is -2.06. The highest BCUT2D eigenvalue weighted by atomic mass is 79.9. The van der Waals surface area contributed by atoms with E-state index in [0.717, 1.165) is 0 Å². The van der Waals surface area contributed by atoms with Crippen molar-refractivity contribution in [2.75, 3.05) is 0 Å². The Kier molecular flexibility index (Phi) is 3.78. The summed E-state index contributed by atoms with van der Waals surface area (Å²) in [6, 6.07) is 6.01. The number of rotatable bonds is 2. The van der Waals surface area contributed by atoms with E-state index in [-0.39, 0.29) is 9.79 Å². The molecule has 0 amide bonds. The Morgan fingerprint density at radius 1 is 0.800 bits per heavy atom. The summed E-state index contributed by atoms with van der Waals surface area (Å²) in [7, 11) is -3.77. The Bertz CT molecular complexity index is 1170. The molecule has 0 aliphatic carbocycles. The van der Waals surface area contributed by atoms with Crippen molar-refractivity contribution in [2.24, 2.45) is 0 Å². The second-order valence-corrected chi connectivity index (χ2v) is 9.13. The maximum atomic E-state index is 13.1. The summed E-state index contributed by atoms with van der Waals surface area (Å²) in [6.45, 7) is 3.41. The van der Waals surface area contributed by atoms with Crippen molar-refractivity contribution in [3.8, 4) is 0 Å². The van der Waals surface area contributed by atoms with Gasteiger partial charge in [0, 0.05) is 13.8 Å². The number of benzene rings is 2. The summed E-state index contributed by atoms with van der Waals surface area (Å²) in [5, 5.41) is 0. The average molecular weight is 486 g/mol. The first kappa shape index (κ1) is 16.7. The van der Waals surface area contributed by atoms with Crippen LogP contribution in [-0.4, -0.2) is 18.4 Å². The van der Waals surface area contributed by atoms with E-state index in [9.17, 15) is 8.42 Å². The first-order chi connectivity index (χ1) is 11.8. The fourth-order valence-corrected chi connectivity index (χ4v) is 5.32. The fourth-order valence-electron chi connectivity index (χ4n) is 2.60. The zero-order valence-corrected chi connectivity index (χ0v) is 17.0. The van der Waals surface area contributed by atoms with Crippen LogP contribution in [0.4, 0.5) is 0 Å². The monoisotopic (exact) mass is 484 g/mol. The molecule has 0 spiro atoms. The number of aromatic nitrogens is 2. The molecule has 2 heterocycles. The average Bonchev–Trinajstić information content (AvgIpc) is 3.09. The molecule has 2 aromatic carbocycles. The van der Waals surface area contributed by atoms with Gasteiger partial charge in [0.2, 0.25) is 9.84 Å². The second-order valence-electron chi connectivity index (χ2n) is 5.48. The molecule has 0 unspecified atom stereocenters. The molecule has 0 saturated heterocycles. The lowest BCUT2D eigenvalue weighted by atomic mass is 10.3. The SMILES string of the molecule is Cc1nc2cc(S(=O)(=O)c3cc(Br)c4oc(C)nc4c3)cc(Br)c2o1. The lowest BCUT2D eigenvalue weighted by Crippen LogP contribution is -2.02. The van der Waals surface area contributed by atoms with Crippen LogP contribution < -0.4 is 0 Å². The first-order valence-corrected chi connectivity index (χ1v) is 10.2. The normalized spacial score (nSPS) is 12.3. The summed E-state index contributed by atoms with van der Waals surface area (Å²) in [6.07, 6.45) is 0. The van der Waals surface area contributed by atoms with Crippen LogP contribution in [0.15, 0.2) is 51.8 Å². The number of halogens is 2. The van der Waals surface area contributed by atoms with E-state index in [0.29, 0.717) is 42.9 Å². The van der Waals surface area contributed by atoms with Gasteiger partial charge in [0.05, 0.1) is 18.7 Å². The Hall–Kier alpha value is -1.71. The van der Waals surface area contributed by atoms with Gasteiger partial charge < -0.3 is 8.83 Å². The molecule has 0 aliphatic heterocycles. The molecular weight excluding hydrogens is 476 g/mol. The predicted molar refractivity (Wildman–Crippen MR) is 98.3 cm³/mol. The summed E-state index contributed by atoms with van der Waals surface area (Å²) >= 11 is 6.70. The number of aryl methyl sites for hydroxylation is 2. The van der Waals surface area contributed by atoms with Crippen LogP contribution in [0.5, 0.6) is 0 Å². The summed E-state index contributed by atoms with van der Waals surface area (Å²) in [4.78, 5) is 8.66. The zero-order chi connectivity index (χ0) is 17.9. The number of sulfone groups is 1. The second kappa shape index (κ2) is 5.65. The summed E-state index contributed by atoms with van der Waals surface area (Å²) < 4.78 is 38.2. The van der Waals surface area contributed by atoms with Crippen LogP contribution in [0.25, 0.3) is 22.2 Å². The molecule has 0 bridgehead atoms. The van der Waals surface area contributed by atoms with E-state index < -0.39 is 9.84 Å². The van der Waals surface area contributed by atoms with E-state index in [2.05, 4.69) is 41.8 Å². The van der Waals surface area contributed by atoms with Gasteiger partial charge in [0.15, 0.2) is 22.9 Å². The van der Waals surface area contributed by atoms with Gasteiger partial charge in [-0.05, 0) is 56.1 Å². The van der Waals surface area contributed by atoms with Crippen LogP contribution in [0.1, 0.15) is 11.8 Å². The molecule has 25 heavy (non-hydrogen) atoms. The standard InChI is InChI=1S/C16H10Br2N2O4S/c1-7-19-13-5-9(3-11(17)15(13)23-7)25(21,22)10-4-12(18)16-14(6-10)20-8(2)24-16/h3-6H,1-2H3. The molecule has 0 aliphatic rings. The highest BCUT2D eigenvalue weighted by Crippen LogP contribution is 2.34. The molecule has 0 fully saturated rings. The van der Waals surface area contributed by atoms with Crippen molar-refractivity contribution in [3.05, 3.63) is 45.0 Å². The third-order valence-corrected chi connectivity index (χ3v) is 6.56. The van der Waals surface area contributed by atoms with Gasteiger partial charge in [-0.15, -0.1) is 0 Å². The molecule has 0 atom stereocenters. The van der Waals surface area contributed by atoms with E-state index in [1.165, 1.54) is 24.3 Å². The molecule has 0 saturated carbocycles. The van der Waals surface area contributed by atoms with E-state index in [4.69, 9.17) is 8.83 Å². The van der Waals surface area contributed by atoms with Crippen molar-refractivity contribution in [2.45, 2.75) is 23.6 Å². The van der Waals surface area contributed by atoms with Crippen LogP contribution in [0.2, 0.25) is 0 Å². The Morgan fingerprint density at radius 3 is 1.60 bits per heavy atom. The molecule has 128 valence electrons. The maximum absolute atomic E-state index is 13.1. The zero-order valence-electron chi connectivity index (χ0n) is 13.0. The quantitative estimate of drug-likeness (QED) is 0.399. The van der Waals surface area contributed by atoms with Crippen molar-refractivity contribution >= 4 is 63.9 Å². The van der Waals surface area contributed by atoms with Crippen LogP contribution in [-0.2, 0) is 9.84 Å². The molecule has 0 radical (unpaired) electrons.